The molecule has 10 heteroatoms. The Kier molecular flexibility index (Phi) is 6.45. The van der Waals surface area contributed by atoms with Gasteiger partial charge in [0.2, 0.25) is 0 Å². The van der Waals surface area contributed by atoms with E-state index in [1.54, 1.807) is 0 Å². The number of carbonyl (C=O) groups excluding carboxylic acids is 1. The van der Waals surface area contributed by atoms with Gasteiger partial charge in [-0.05, 0) is 13.3 Å². The molecule has 2 rings (SSSR count). The molecule has 1 aromatic rings. The second kappa shape index (κ2) is 8.37. The molecule has 1 aliphatic heterocycles. The Morgan fingerprint density at radius 2 is 2.16 bits per heavy atom. The molecule has 4 atom stereocenters. The molecule has 1 aromatic heterocycles. The monoisotopic (exact) mass is 359 g/mol. The molecule has 140 valence electrons. The van der Waals surface area contributed by atoms with E-state index in [1.165, 1.54) is 6.92 Å². The second-order valence-corrected chi connectivity index (χ2v) is 5.81. The van der Waals surface area contributed by atoms with E-state index in [9.17, 15) is 24.2 Å². The van der Waals surface area contributed by atoms with Crippen LogP contribution < -0.4 is 11.0 Å². The number of amides is 1. The number of anilines is 1. The van der Waals surface area contributed by atoms with Crippen molar-refractivity contribution < 1.29 is 28.9 Å². The summed E-state index contributed by atoms with van der Waals surface area (Å²) in [5.74, 6) is -1.59. The minimum absolute atomic E-state index is 0.177. The molecule has 1 aliphatic rings. The number of carbonyl (C=O) groups is 1. The number of rotatable bonds is 6. The SMILES string of the molecule is CCCCCOC(=O)Nc1nc(=O)n(C2O[C@H](C)[C@@H](O)[C@H]2O)cc1F. The third-order valence-corrected chi connectivity index (χ3v) is 3.86. The van der Waals surface area contributed by atoms with Crippen LogP contribution in [0.1, 0.15) is 39.3 Å². The van der Waals surface area contributed by atoms with E-state index in [-0.39, 0.29) is 6.61 Å². The Labute approximate surface area is 143 Å². The largest absolute Gasteiger partial charge is 0.449 e. The van der Waals surface area contributed by atoms with Gasteiger partial charge in [0.05, 0.1) is 18.9 Å². The van der Waals surface area contributed by atoms with Gasteiger partial charge in [0.25, 0.3) is 0 Å². The highest BCUT2D eigenvalue weighted by atomic mass is 19.1. The van der Waals surface area contributed by atoms with E-state index < -0.39 is 48.0 Å². The van der Waals surface area contributed by atoms with Crippen molar-refractivity contribution in [2.75, 3.05) is 11.9 Å². The average Bonchev–Trinajstić information content (AvgIpc) is 2.82. The van der Waals surface area contributed by atoms with Gasteiger partial charge in [-0.1, -0.05) is 19.8 Å². The number of aliphatic hydroxyl groups excluding tert-OH is 2. The van der Waals surface area contributed by atoms with E-state index in [4.69, 9.17) is 9.47 Å². The molecule has 0 spiro atoms. The zero-order valence-corrected chi connectivity index (χ0v) is 14.0. The van der Waals surface area contributed by atoms with Gasteiger partial charge in [0.1, 0.15) is 12.2 Å². The van der Waals surface area contributed by atoms with Gasteiger partial charge in [-0.3, -0.25) is 9.88 Å². The molecule has 1 amide bonds. The summed E-state index contributed by atoms with van der Waals surface area (Å²) in [5, 5.41) is 21.6. The molecule has 1 fully saturated rings. The molecule has 1 unspecified atom stereocenters. The van der Waals surface area contributed by atoms with Crippen molar-refractivity contribution in [3.8, 4) is 0 Å². The van der Waals surface area contributed by atoms with Crippen molar-refractivity contribution >= 4 is 11.9 Å². The normalized spacial score (nSPS) is 25.8. The maximum Gasteiger partial charge on any atom is 0.412 e. The van der Waals surface area contributed by atoms with Crippen LogP contribution in [0.25, 0.3) is 0 Å². The summed E-state index contributed by atoms with van der Waals surface area (Å²) in [5.41, 5.74) is -0.951. The van der Waals surface area contributed by atoms with Crippen LogP contribution in [0.3, 0.4) is 0 Å². The summed E-state index contributed by atoms with van der Waals surface area (Å²) < 4.78 is 24.9. The fourth-order valence-electron chi connectivity index (χ4n) is 2.42. The summed E-state index contributed by atoms with van der Waals surface area (Å²) in [7, 11) is 0. The van der Waals surface area contributed by atoms with Gasteiger partial charge in [-0.15, -0.1) is 0 Å². The predicted molar refractivity (Wildman–Crippen MR) is 84.5 cm³/mol. The third-order valence-electron chi connectivity index (χ3n) is 3.86. The Hall–Kier alpha value is -2.04. The molecule has 9 nitrogen and oxygen atoms in total. The highest BCUT2D eigenvalue weighted by Crippen LogP contribution is 2.28. The first kappa shape index (κ1) is 19.3. The van der Waals surface area contributed by atoms with Crippen LogP contribution in [0.15, 0.2) is 11.0 Å². The van der Waals surface area contributed by atoms with Crippen LogP contribution in [0, 0.1) is 5.82 Å². The summed E-state index contributed by atoms with van der Waals surface area (Å²) in [6, 6.07) is 0. The first-order chi connectivity index (χ1) is 11.8. The molecule has 1 saturated heterocycles. The standard InChI is InChI=1S/C15H22FN3O6/c1-3-4-5-6-24-15(23)18-12-9(16)7-19(14(22)17-12)13-11(21)10(20)8(2)25-13/h7-8,10-11,13,20-21H,3-6H2,1-2H3,(H,17,18,22,23)/t8-,10-,11-,13?/m1/s1. The highest BCUT2D eigenvalue weighted by molar-refractivity contribution is 5.83. The zero-order valence-electron chi connectivity index (χ0n) is 14.0. The predicted octanol–water partition coefficient (Wildman–Crippen LogP) is 0.760. The molecule has 0 aromatic carbocycles. The number of hydrogen-bond acceptors (Lipinski definition) is 7. The molecule has 0 bridgehead atoms. The fraction of sp³-hybridized carbons (Fsp3) is 0.667. The quantitative estimate of drug-likeness (QED) is 0.641. The van der Waals surface area contributed by atoms with Gasteiger partial charge in [-0.25, -0.2) is 14.0 Å². The van der Waals surface area contributed by atoms with Gasteiger partial charge in [0, 0.05) is 0 Å². The minimum Gasteiger partial charge on any atom is -0.449 e. The summed E-state index contributed by atoms with van der Waals surface area (Å²) in [6.45, 7) is 3.68. The molecule has 25 heavy (non-hydrogen) atoms. The van der Waals surface area contributed by atoms with Gasteiger partial charge < -0.3 is 19.7 Å². The number of nitrogens with one attached hydrogen (secondary N) is 1. The average molecular weight is 359 g/mol. The van der Waals surface area contributed by atoms with Crippen molar-refractivity contribution in [1.82, 2.24) is 9.55 Å². The highest BCUT2D eigenvalue weighted by Gasteiger charge is 2.42. The lowest BCUT2D eigenvalue weighted by Crippen LogP contribution is -2.36. The van der Waals surface area contributed by atoms with Crippen LogP contribution in [0.4, 0.5) is 15.0 Å². The molecule has 2 heterocycles. The summed E-state index contributed by atoms with van der Waals surface area (Å²) >= 11 is 0. The topological polar surface area (TPSA) is 123 Å². The molecule has 3 N–H and O–H groups in total. The lowest BCUT2D eigenvalue weighted by atomic mass is 10.1. The van der Waals surface area contributed by atoms with Crippen LogP contribution in [-0.4, -0.2) is 50.8 Å². The molecular formula is C15H22FN3O6. The zero-order chi connectivity index (χ0) is 18.6. The number of halogens is 1. The minimum atomic E-state index is -1.41. The summed E-state index contributed by atoms with van der Waals surface area (Å²) in [4.78, 5) is 27.0. The Bertz CT molecular complexity index is 667. The molecule has 0 saturated carbocycles. The Morgan fingerprint density at radius 3 is 2.76 bits per heavy atom. The van der Waals surface area contributed by atoms with E-state index in [0.717, 1.165) is 23.6 Å². The number of hydrogen-bond donors (Lipinski definition) is 3. The van der Waals surface area contributed by atoms with Crippen molar-refractivity contribution in [1.29, 1.82) is 0 Å². The van der Waals surface area contributed by atoms with E-state index in [0.29, 0.717) is 6.42 Å². The van der Waals surface area contributed by atoms with E-state index >= 15 is 0 Å². The fourth-order valence-corrected chi connectivity index (χ4v) is 2.42. The molecule has 0 radical (unpaired) electrons. The van der Waals surface area contributed by atoms with Crippen LogP contribution in [0.5, 0.6) is 0 Å². The Balaban J connectivity index is 2.07. The van der Waals surface area contributed by atoms with Gasteiger partial charge in [-0.2, -0.15) is 4.98 Å². The summed E-state index contributed by atoms with van der Waals surface area (Å²) in [6.07, 6.45) is -2.25. The van der Waals surface area contributed by atoms with Crippen LogP contribution in [0.2, 0.25) is 0 Å². The number of unbranched alkanes of at least 4 members (excludes halogenated alkanes) is 2. The number of aromatic nitrogens is 2. The van der Waals surface area contributed by atoms with Gasteiger partial charge in [0.15, 0.2) is 17.9 Å². The first-order valence-electron chi connectivity index (χ1n) is 8.09. The molecule has 0 aliphatic carbocycles. The number of ether oxygens (including phenoxy) is 2. The Morgan fingerprint density at radius 1 is 1.44 bits per heavy atom. The van der Waals surface area contributed by atoms with E-state index in [2.05, 4.69) is 10.3 Å². The van der Waals surface area contributed by atoms with Crippen molar-refractivity contribution in [2.45, 2.75) is 57.6 Å². The maximum absolute atomic E-state index is 14.1. The lowest BCUT2D eigenvalue weighted by Gasteiger charge is -2.17. The van der Waals surface area contributed by atoms with Crippen molar-refractivity contribution in [2.24, 2.45) is 0 Å². The van der Waals surface area contributed by atoms with Crippen LogP contribution in [-0.2, 0) is 9.47 Å². The van der Waals surface area contributed by atoms with E-state index in [1.807, 2.05) is 6.92 Å². The lowest BCUT2D eigenvalue weighted by molar-refractivity contribution is -0.0355. The van der Waals surface area contributed by atoms with Crippen LogP contribution >= 0.6 is 0 Å². The van der Waals surface area contributed by atoms with Gasteiger partial charge >= 0.3 is 11.8 Å². The second-order valence-electron chi connectivity index (χ2n) is 5.81. The third kappa shape index (κ3) is 4.53. The first-order valence-corrected chi connectivity index (χ1v) is 8.09. The van der Waals surface area contributed by atoms with Crippen molar-refractivity contribution in [3.63, 3.8) is 0 Å². The smallest absolute Gasteiger partial charge is 0.412 e. The van der Waals surface area contributed by atoms with Crippen molar-refractivity contribution in [3.05, 3.63) is 22.5 Å². The maximum atomic E-state index is 14.1. The number of nitrogens with zero attached hydrogens (tertiary/aromatic N) is 2. The molecular weight excluding hydrogens is 337 g/mol. The number of aliphatic hydroxyl groups is 2.